The first kappa shape index (κ1) is 12.6. The Hall–Kier alpha value is -1.89. The maximum Gasteiger partial charge on any atom is 0.323 e. The monoisotopic (exact) mass is 267 g/mol. The summed E-state index contributed by atoms with van der Waals surface area (Å²) in [5.74, 6) is -1.18. The van der Waals surface area contributed by atoms with Crippen LogP contribution in [0.1, 0.15) is 12.6 Å². The zero-order valence-electron chi connectivity index (χ0n) is 9.87. The highest BCUT2D eigenvalue weighted by molar-refractivity contribution is 7.15. The molecule has 0 saturated carbocycles. The molecule has 2 rings (SSSR count). The van der Waals surface area contributed by atoms with Gasteiger partial charge < -0.3 is 10.0 Å². The number of imidazole rings is 1. The highest BCUT2D eigenvalue weighted by Crippen LogP contribution is 2.15. The Balaban J connectivity index is 2.11. The van der Waals surface area contributed by atoms with Crippen LogP contribution >= 0.6 is 11.3 Å². The molecule has 0 bridgehead atoms. The van der Waals surface area contributed by atoms with Crippen LogP contribution in [-0.2, 0) is 16.0 Å². The third-order valence-corrected chi connectivity index (χ3v) is 3.51. The van der Waals surface area contributed by atoms with Gasteiger partial charge in [-0.2, -0.15) is 0 Å². The van der Waals surface area contributed by atoms with Crippen molar-refractivity contribution in [2.75, 3.05) is 13.1 Å². The van der Waals surface area contributed by atoms with Crippen molar-refractivity contribution in [2.45, 2.75) is 13.3 Å². The molecule has 0 fully saturated rings. The molecule has 0 atom stereocenters. The highest BCUT2D eigenvalue weighted by atomic mass is 32.1. The van der Waals surface area contributed by atoms with Gasteiger partial charge >= 0.3 is 5.97 Å². The van der Waals surface area contributed by atoms with Crippen molar-refractivity contribution in [1.29, 1.82) is 0 Å². The van der Waals surface area contributed by atoms with Crippen LogP contribution in [0.4, 0.5) is 0 Å². The number of carboxylic acids is 1. The summed E-state index contributed by atoms with van der Waals surface area (Å²) in [5, 5.41) is 10.6. The van der Waals surface area contributed by atoms with E-state index in [-0.39, 0.29) is 18.9 Å². The Morgan fingerprint density at radius 1 is 1.56 bits per heavy atom. The molecule has 0 aliphatic heterocycles. The quantitative estimate of drug-likeness (QED) is 0.872. The van der Waals surface area contributed by atoms with Gasteiger partial charge in [0.1, 0.15) is 6.54 Å². The van der Waals surface area contributed by atoms with Gasteiger partial charge in [-0.25, -0.2) is 4.98 Å². The van der Waals surface area contributed by atoms with Crippen molar-refractivity contribution in [3.63, 3.8) is 0 Å². The lowest BCUT2D eigenvalue weighted by Crippen LogP contribution is -2.36. The van der Waals surface area contributed by atoms with E-state index < -0.39 is 5.97 Å². The number of carbonyl (C=O) groups excluding carboxylic acids is 1. The first-order chi connectivity index (χ1) is 8.61. The Bertz CT molecular complexity index is 575. The first-order valence-electron chi connectivity index (χ1n) is 5.50. The molecule has 0 radical (unpaired) electrons. The molecule has 1 N–H and O–H groups in total. The number of amides is 1. The number of nitrogens with zero attached hydrogens (tertiary/aromatic N) is 3. The maximum absolute atomic E-state index is 12.0. The fraction of sp³-hybridized carbons (Fsp3) is 0.364. The molecule has 96 valence electrons. The molecule has 2 aromatic heterocycles. The fourth-order valence-electron chi connectivity index (χ4n) is 1.71. The van der Waals surface area contributed by atoms with Gasteiger partial charge in [-0.3, -0.25) is 14.0 Å². The second-order valence-corrected chi connectivity index (χ2v) is 4.62. The third-order valence-electron chi connectivity index (χ3n) is 2.61. The third kappa shape index (κ3) is 2.51. The normalized spacial score (nSPS) is 10.7. The molecule has 6 nitrogen and oxygen atoms in total. The predicted octanol–water partition coefficient (Wildman–Crippen LogP) is 0.871. The first-order valence-corrected chi connectivity index (χ1v) is 6.38. The van der Waals surface area contributed by atoms with Gasteiger partial charge in [0.25, 0.3) is 0 Å². The second kappa shape index (κ2) is 5.18. The van der Waals surface area contributed by atoms with Crippen molar-refractivity contribution >= 4 is 28.2 Å². The number of rotatable bonds is 5. The lowest BCUT2D eigenvalue weighted by molar-refractivity contribution is -0.144. The largest absolute Gasteiger partial charge is 0.480 e. The Labute approximate surface area is 107 Å². The average Bonchev–Trinajstić information content (AvgIpc) is 2.90. The van der Waals surface area contributed by atoms with Crippen LogP contribution in [0, 0.1) is 0 Å². The molecule has 2 aromatic rings. The van der Waals surface area contributed by atoms with Crippen molar-refractivity contribution in [3.05, 3.63) is 23.5 Å². The highest BCUT2D eigenvalue weighted by Gasteiger charge is 2.17. The van der Waals surface area contributed by atoms with Gasteiger partial charge in [0.2, 0.25) is 5.91 Å². The Morgan fingerprint density at radius 3 is 3.00 bits per heavy atom. The van der Waals surface area contributed by atoms with Crippen molar-refractivity contribution in [1.82, 2.24) is 14.3 Å². The molecule has 18 heavy (non-hydrogen) atoms. The average molecular weight is 267 g/mol. The van der Waals surface area contributed by atoms with E-state index in [1.54, 1.807) is 19.3 Å². The smallest absolute Gasteiger partial charge is 0.323 e. The molecule has 7 heteroatoms. The van der Waals surface area contributed by atoms with Crippen LogP contribution in [0.5, 0.6) is 0 Å². The minimum atomic E-state index is -0.997. The van der Waals surface area contributed by atoms with E-state index in [1.165, 1.54) is 16.2 Å². The van der Waals surface area contributed by atoms with E-state index in [0.29, 0.717) is 6.54 Å². The van der Waals surface area contributed by atoms with Gasteiger partial charge in [0, 0.05) is 30.0 Å². The standard InChI is InChI=1S/C11H13N3O3S/c1-2-13(6-10(16)17)9(15)5-8-7-18-11-12-3-4-14(8)11/h3-4,7H,2,5-6H2,1H3,(H,16,17). The Kier molecular flexibility index (Phi) is 3.61. The summed E-state index contributed by atoms with van der Waals surface area (Å²) in [4.78, 5) is 28.9. The van der Waals surface area contributed by atoms with Crippen molar-refractivity contribution in [2.24, 2.45) is 0 Å². The van der Waals surface area contributed by atoms with E-state index in [0.717, 1.165) is 10.7 Å². The number of hydrogen-bond acceptors (Lipinski definition) is 4. The summed E-state index contributed by atoms with van der Waals surface area (Å²) >= 11 is 1.46. The van der Waals surface area contributed by atoms with Crippen molar-refractivity contribution in [3.8, 4) is 0 Å². The van der Waals surface area contributed by atoms with E-state index in [9.17, 15) is 9.59 Å². The van der Waals surface area contributed by atoms with Crippen LogP contribution < -0.4 is 0 Å². The van der Waals surface area contributed by atoms with Gasteiger partial charge in [0.05, 0.1) is 6.42 Å². The van der Waals surface area contributed by atoms with Crippen molar-refractivity contribution < 1.29 is 14.7 Å². The lowest BCUT2D eigenvalue weighted by Gasteiger charge is -2.18. The summed E-state index contributed by atoms with van der Waals surface area (Å²) in [5.41, 5.74) is 0.835. The topological polar surface area (TPSA) is 74.9 Å². The van der Waals surface area contributed by atoms with E-state index in [4.69, 9.17) is 5.11 Å². The summed E-state index contributed by atoms with van der Waals surface area (Å²) in [7, 11) is 0. The maximum atomic E-state index is 12.0. The summed E-state index contributed by atoms with van der Waals surface area (Å²) in [6.07, 6.45) is 3.66. The van der Waals surface area contributed by atoms with E-state index in [1.807, 2.05) is 9.78 Å². The van der Waals surface area contributed by atoms with Gasteiger partial charge in [0.15, 0.2) is 4.96 Å². The molecule has 0 aliphatic carbocycles. The van der Waals surface area contributed by atoms with Gasteiger partial charge in [-0.05, 0) is 6.92 Å². The number of aliphatic carboxylic acids is 1. The second-order valence-electron chi connectivity index (χ2n) is 3.79. The zero-order valence-corrected chi connectivity index (χ0v) is 10.7. The summed E-state index contributed by atoms with van der Waals surface area (Å²) in [6.45, 7) is 1.90. The van der Waals surface area contributed by atoms with E-state index in [2.05, 4.69) is 4.98 Å². The molecule has 0 aliphatic rings. The molecule has 0 saturated heterocycles. The number of fused-ring (bicyclic) bond motifs is 1. The number of carboxylic acid groups (broad SMARTS) is 1. The van der Waals surface area contributed by atoms with Crippen LogP contribution in [0.2, 0.25) is 0 Å². The van der Waals surface area contributed by atoms with Crippen LogP contribution in [0.3, 0.4) is 0 Å². The fourth-order valence-corrected chi connectivity index (χ4v) is 2.56. The number of likely N-dealkylation sites (N-methyl/N-ethyl adjacent to an activating group) is 1. The number of thiazole rings is 1. The lowest BCUT2D eigenvalue weighted by atomic mass is 10.3. The van der Waals surface area contributed by atoms with Crippen LogP contribution in [0.15, 0.2) is 17.8 Å². The molecule has 0 unspecified atom stereocenters. The minimum Gasteiger partial charge on any atom is -0.480 e. The number of aromatic nitrogens is 2. The summed E-state index contributed by atoms with van der Waals surface area (Å²) in [6, 6.07) is 0. The number of carbonyl (C=O) groups is 2. The molecular formula is C11H13N3O3S. The zero-order chi connectivity index (χ0) is 13.1. The van der Waals surface area contributed by atoms with E-state index >= 15 is 0 Å². The van der Waals surface area contributed by atoms with Gasteiger partial charge in [-0.15, -0.1) is 11.3 Å². The molecule has 0 aromatic carbocycles. The molecule has 1 amide bonds. The van der Waals surface area contributed by atoms with Gasteiger partial charge in [-0.1, -0.05) is 0 Å². The Morgan fingerprint density at radius 2 is 2.33 bits per heavy atom. The minimum absolute atomic E-state index is 0.187. The molecular weight excluding hydrogens is 254 g/mol. The van der Waals surface area contributed by atoms with Crippen LogP contribution in [-0.4, -0.2) is 44.4 Å². The summed E-state index contributed by atoms with van der Waals surface area (Å²) < 4.78 is 1.84. The number of hydrogen-bond donors (Lipinski definition) is 1. The SMILES string of the molecule is CCN(CC(=O)O)C(=O)Cc1csc2nccn12. The van der Waals surface area contributed by atoms with Crippen LogP contribution in [0.25, 0.3) is 4.96 Å². The predicted molar refractivity (Wildman–Crippen MR) is 66.7 cm³/mol. The molecule has 2 heterocycles. The molecule has 0 spiro atoms.